The van der Waals surface area contributed by atoms with E-state index < -0.39 is 5.82 Å². The molecule has 2 aromatic carbocycles. The molecule has 0 aliphatic rings. The molecule has 7 nitrogen and oxygen atoms in total. The molecule has 0 aliphatic carbocycles. The number of anilines is 1. The highest BCUT2D eigenvalue weighted by Gasteiger charge is 2.21. The lowest BCUT2D eigenvalue weighted by Crippen LogP contribution is -2.34. The largest absolute Gasteiger partial charge is 0.497 e. The van der Waals surface area contributed by atoms with E-state index >= 15 is 0 Å². The average molecular weight is 468 g/mol. The van der Waals surface area contributed by atoms with Crippen molar-refractivity contribution in [3.8, 4) is 23.2 Å². The Morgan fingerprint density at radius 1 is 1.21 bits per heavy atom. The minimum absolute atomic E-state index is 0.0482. The predicted molar refractivity (Wildman–Crippen MR) is 127 cm³/mol. The van der Waals surface area contributed by atoms with Gasteiger partial charge in [-0.1, -0.05) is 37.2 Å². The maximum absolute atomic E-state index is 14.3. The Morgan fingerprint density at radius 2 is 1.97 bits per heavy atom. The number of para-hydroxylation sites is 1. The Morgan fingerprint density at radius 3 is 2.64 bits per heavy atom. The molecule has 0 bridgehead atoms. The molecule has 0 fully saturated rings. The van der Waals surface area contributed by atoms with Gasteiger partial charge in [-0.15, -0.1) is 10.2 Å². The molecular weight excluding hydrogens is 441 g/mol. The van der Waals surface area contributed by atoms with Crippen LogP contribution in [0.25, 0.3) is 11.4 Å². The maximum atomic E-state index is 14.3. The number of hydrogen-bond donors (Lipinski definition) is 0. The van der Waals surface area contributed by atoms with Crippen LogP contribution in [-0.2, 0) is 11.3 Å². The fraction of sp³-hybridized carbons (Fsp3) is 0.333. The first kappa shape index (κ1) is 24.3. The van der Waals surface area contributed by atoms with Crippen LogP contribution in [0.1, 0.15) is 26.2 Å². The van der Waals surface area contributed by atoms with E-state index in [1.807, 2.05) is 34.9 Å². The fourth-order valence-electron chi connectivity index (χ4n) is 3.28. The smallest absolute Gasteiger partial charge is 0.237 e. The summed E-state index contributed by atoms with van der Waals surface area (Å²) in [5.41, 5.74) is 1.07. The zero-order chi connectivity index (χ0) is 23.6. The van der Waals surface area contributed by atoms with Crippen LogP contribution in [0.15, 0.2) is 53.7 Å². The quantitative estimate of drug-likeness (QED) is 0.372. The van der Waals surface area contributed by atoms with Crippen molar-refractivity contribution in [3.63, 3.8) is 0 Å². The van der Waals surface area contributed by atoms with Crippen molar-refractivity contribution < 1.29 is 13.9 Å². The van der Waals surface area contributed by atoms with Gasteiger partial charge in [0.15, 0.2) is 11.0 Å². The van der Waals surface area contributed by atoms with E-state index in [9.17, 15) is 9.18 Å². The molecule has 1 aromatic heterocycles. The van der Waals surface area contributed by atoms with Crippen molar-refractivity contribution in [2.45, 2.75) is 37.9 Å². The lowest BCUT2D eigenvalue weighted by atomic mass is 10.2. The van der Waals surface area contributed by atoms with E-state index in [1.165, 1.54) is 22.7 Å². The molecule has 1 amide bonds. The number of nitriles is 1. The van der Waals surface area contributed by atoms with Crippen LogP contribution in [0.2, 0.25) is 0 Å². The minimum atomic E-state index is -0.498. The highest BCUT2D eigenvalue weighted by molar-refractivity contribution is 7.99. The zero-order valence-corrected chi connectivity index (χ0v) is 19.5. The first-order valence-electron chi connectivity index (χ1n) is 10.7. The van der Waals surface area contributed by atoms with Gasteiger partial charge in [-0.2, -0.15) is 5.26 Å². The third-order valence-electron chi connectivity index (χ3n) is 5.02. The van der Waals surface area contributed by atoms with Gasteiger partial charge in [-0.25, -0.2) is 4.39 Å². The van der Waals surface area contributed by atoms with Crippen LogP contribution < -0.4 is 9.64 Å². The molecule has 9 heteroatoms. The molecule has 0 aliphatic heterocycles. The number of carbonyl (C=O) groups excluding carboxylic acids is 1. The molecular formula is C24H26FN5O2S. The zero-order valence-electron chi connectivity index (χ0n) is 18.7. The summed E-state index contributed by atoms with van der Waals surface area (Å²) in [6.45, 7) is 2.94. The minimum Gasteiger partial charge on any atom is -0.497 e. The third kappa shape index (κ3) is 6.11. The van der Waals surface area contributed by atoms with Gasteiger partial charge in [-0.05, 0) is 42.8 Å². The summed E-state index contributed by atoms with van der Waals surface area (Å²) in [6.07, 6.45) is 2.05. The molecule has 0 saturated heterocycles. The monoisotopic (exact) mass is 467 g/mol. The van der Waals surface area contributed by atoms with E-state index in [0.29, 0.717) is 11.7 Å². The summed E-state index contributed by atoms with van der Waals surface area (Å²) in [6, 6.07) is 15.7. The molecule has 0 atom stereocenters. The normalized spacial score (nSPS) is 10.6. The van der Waals surface area contributed by atoms with E-state index in [0.717, 1.165) is 30.0 Å². The van der Waals surface area contributed by atoms with Crippen LogP contribution in [-0.4, -0.2) is 40.1 Å². The third-order valence-corrected chi connectivity index (χ3v) is 5.97. The number of thioether (sulfide) groups is 1. The van der Waals surface area contributed by atoms with Gasteiger partial charge < -0.3 is 14.2 Å². The number of hydrogen-bond acceptors (Lipinski definition) is 6. The van der Waals surface area contributed by atoms with Gasteiger partial charge in [0.25, 0.3) is 0 Å². The Hall–Kier alpha value is -3.38. The van der Waals surface area contributed by atoms with Crippen molar-refractivity contribution in [2.75, 3.05) is 24.3 Å². The number of ether oxygens (including phenoxy) is 1. The van der Waals surface area contributed by atoms with E-state index in [2.05, 4.69) is 17.1 Å². The van der Waals surface area contributed by atoms with Crippen LogP contribution in [0.5, 0.6) is 5.75 Å². The summed E-state index contributed by atoms with van der Waals surface area (Å²) < 4.78 is 21.6. The second kappa shape index (κ2) is 12.0. The standard InChI is InChI=1S/C24H26FN5O2S/c1-3-4-15-30-23(18-10-12-19(32-2)13-11-18)27-28-24(30)33-17-22(31)29(16-7-14-26)21-9-6-5-8-20(21)25/h5-6,8-13H,3-4,7,15-17H2,1-2H3. The fourth-order valence-corrected chi connectivity index (χ4v) is 4.12. The van der Waals surface area contributed by atoms with E-state index in [4.69, 9.17) is 10.00 Å². The molecule has 3 aromatic rings. The number of methoxy groups -OCH3 is 1. The van der Waals surface area contributed by atoms with E-state index in [1.54, 1.807) is 25.3 Å². The number of carbonyl (C=O) groups is 1. The van der Waals surface area contributed by atoms with Gasteiger partial charge in [-0.3, -0.25) is 4.79 Å². The summed E-state index contributed by atoms with van der Waals surface area (Å²) in [5, 5.41) is 18.3. The Balaban J connectivity index is 1.81. The van der Waals surface area contributed by atoms with Crippen LogP contribution in [0.4, 0.5) is 10.1 Å². The number of halogens is 1. The van der Waals surface area contributed by atoms with Crippen LogP contribution >= 0.6 is 11.8 Å². The van der Waals surface area contributed by atoms with Gasteiger partial charge in [0.2, 0.25) is 5.91 Å². The second-order valence-electron chi connectivity index (χ2n) is 7.23. The molecule has 1 heterocycles. The van der Waals surface area contributed by atoms with E-state index in [-0.39, 0.29) is 30.3 Å². The molecule has 0 unspecified atom stereocenters. The topological polar surface area (TPSA) is 84.0 Å². The molecule has 33 heavy (non-hydrogen) atoms. The highest BCUT2D eigenvalue weighted by atomic mass is 32.2. The van der Waals surface area contributed by atoms with Gasteiger partial charge in [0.05, 0.1) is 31.0 Å². The number of benzene rings is 2. The first-order valence-corrected chi connectivity index (χ1v) is 11.7. The summed E-state index contributed by atoms with van der Waals surface area (Å²) >= 11 is 1.26. The Kier molecular flexibility index (Phi) is 8.84. The molecule has 0 radical (unpaired) electrons. The molecule has 0 saturated carbocycles. The van der Waals surface area contributed by atoms with Crippen molar-refractivity contribution >= 4 is 23.4 Å². The summed E-state index contributed by atoms with van der Waals surface area (Å²) in [4.78, 5) is 14.3. The maximum Gasteiger partial charge on any atom is 0.237 e. The van der Waals surface area contributed by atoms with Crippen LogP contribution in [0.3, 0.4) is 0 Å². The Bertz CT molecular complexity index is 1110. The lowest BCUT2D eigenvalue weighted by Gasteiger charge is -2.22. The number of nitrogens with zero attached hydrogens (tertiary/aromatic N) is 5. The van der Waals surface area contributed by atoms with Crippen molar-refractivity contribution in [1.82, 2.24) is 14.8 Å². The number of rotatable bonds is 11. The van der Waals surface area contributed by atoms with Crippen LogP contribution in [0, 0.1) is 17.1 Å². The number of unbranched alkanes of at least 4 members (excludes halogenated alkanes) is 1. The SMILES string of the molecule is CCCCn1c(SCC(=O)N(CCC#N)c2ccccc2F)nnc1-c1ccc(OC)cc1. The molecule has 172 valence electrons. The lowest BCUT2D eigenvalue weighted by molar-refractivity contribution is -0.116. The molecule has 0 spiro atoms. The van der Waals surface area contributed by atoms with Gasteiger partial charge in [0, 0.05) is 18.7 Å². The van der Waals surface area contributed by atoms with Crippen molar-refractivity contribution in [3.05, 3.63) is 54.3 Å². The Labute approximate surface area is 197 Å². The van der Waals surface area contributed by atoms with Crippen molar-refractivity contribution in [1.29, 1.82) is 5.26 Å². The predicted octanol–water partition coefficient (Wildman–Crippen LogP) is 4.93. The van der Waals surface area contributed by atoms with Gasteiger partial charge >= 0.3 is 0 Å². The summed E-state index contributed by atoms with van der Waals surface area (Å²) in [5.74, 6) is 0.728. The van der Waals surface area contributed by atoms with Crippen molar-refractivity contribution in [2.24, 2.45) is 0 Å². The molecule has 0 N–H and O–H groups in total. The summed E-state index contributed by atoms with van der Waals surface area (Å²) in [7, 11) is 1.62. The average Bonchev–Trinajstić information content (AvgIpc) is 3.25. The van der Waals surface area contributed by atoms with Gasteiger partial charge in [0.1, 0.15) is 11.6 Å². The first-order chi connectivity index (χ1) is 16.1. The highest BCUT2D eigenvalue weighted by Crippen LogP contribution is 2.27. The second-order valence-corrected chi connectivity index (χ2v) is 8.18. The molecule has 3 rings (SSSR count). The number of aromatic nitrogens is 3. The number of amides is 1.